The molecule has 7 heteroatoms. The number of carboxylic acids is 1. The van der Waals surface area contributed by atoms with E-state index in [2.05, 4.69) is 0 Å². The molecular formula is C16H28N4O3. The summed E-state index contributed by atoms with van der Waals surface area (Å²) in [7, 11) is 0. The summed E-state index contributed by atoms with van der Waals surface area (Å²) in [5.74, 6) is 5.30. The molecule has 2 fully saturated rings. The highest BCUT2D eigenvalue weighted by Crippen LogP contribution is 2.35. The van der Waals surface area contributed by atoms with Gasteiger partial charge >= 0.3 is 5.97 Å². The standard InChI is InChI=1S/C16H28N4O3/c1-16(2,3)13(20(18)9-11(17)10-6-7-10)14(21)19-8-4-5-12(19)15(22)23/h9-10,12-13H,4-8,17-18H2,1-3H3,(H,22,23)/b11-9-. The van der Waals surface area contributed by atoms with Crippen LogP contribution in [0.3, 0.4) is 0 Å². The maximum Gasteiger partial charge on any atom is 0.326 e. The predicted octanol–water partition coefficient (Wildman–Crippen LogP) is 0.863. The lowest BCUT2D eigenvalue weighted by molar-refractivity contribution is -0.152. The Balaban J connectivity index is 2.22. The van der Waals surface area contributed by atoms with Crippen molar-refractivity contribution in [2.45, 2.75) is 58.5 Å². The first kappa shape index (κ1) is 17.6. The Bertz CT molecular complexity index is 508. The summed E-state index contributed by atoms with van der Waals surface area (Å²) in [5.41, 5.74) is 6.25. The van der Waals surface area contributed by atoms with Gasteiger partial charge in [-0.1, -0.05) is 20.8 Å². The van der Waals surface area contributed by atoms with Gasteiger partial charge in [-0.3, -0.25) is 4.79 Å². The minimum atomic E-state index is -0.958. The normalized spacial score (nSPS) is 23.7. The molecule has 0 aromatic rings. The maximum absolute atomic E-state index is 13.0. The molecule has 130 valence electrons. The monoisotopic (exact) mass is 324 g/mol. The number of allylic oxidation sites excluding steroid dienone is 1. The zero-order valence-electron chi connectivity index (χ0n) is 14.2. The second-order valence-corrected chi connectivity index (χ2v) is 7.65. The first-order chi connectivity index (χ1) is 10.6. The highest BCUT2D eigenvalue weighted by Gasteiger charge is 2.43. The van der Waals surface area contributed by atoms with Gasteiger partial charge in [0, 0.05) is 24.4 Å². The number of hydrogen-bond donors (Lipinski definition) is 3. The average molecular weight is 324 g/mol. The molecule has 2 unspecified atom stereocenters. The number of amides is 1. The molecule has 0 spiro atoms. The van der Waals surface area contributed by atoms with Gasteiger partial charge in [-0.05, 0) is 31.1 Å². The minimum Gasteiger partial charge on any atom is -0.480 e. The van der Waals surface area contributed by atoms with Crippen molar-refractivity contribution >= 4 is 11.9 Å². The average Bonchev–Trinajstić information content (AvgIpc) is 3.13. The van der Waals surface area contributed by atoms with Crippen LogP contribution in [0.2, 0.25) is 0 Å². The smallest absolute Gasteiger partial charge is 0.326 e. The molecule has 1 aliphatic heterocycles. The number of nitrogens with zero attached hydrogens (tertiary/aromatic N) is 2. The van der Waals surface area contributed by atoms with Crippen molar-refractivity contribution in [1.29, 1.82) is 0 Å². The molecule has 1 heterocycles. The summed E-state index contributed by atoms with van der Waals surface area (Å²) < 4.78 is 0. The third-order valence-corrected chi connectivity index (χ3v) is 4.52. The third-order valence-electron chi connectivity index (χ3n) is 4.52. The lowest BCUT2D eigenvalue weighted by Crippen LogP contribution is -2.57. The molecule has 2 rings (SSSR count). The van der Waals surface area contributed by atoms with Crippen molar-refractivity contribution in [2.24, 2.45) is 22.9 Å². The first-order valence-electron chi connectivity index (χ1n) is 8.16. The van der Waals surface area contributed by atoms with Crippen molar-refractivity contribution in [1.82, 2.24) is 9.91 Å². The van der Waals surface area contributed by atoms with E-state index in [1.165, 1.54) is 9.91 Å². The zero-order valence-corrected chi connectivity index (χ0v) is 14.2. The van der Waals surface area contributed by atoms with Crippen LogP contribution in [-0.2, 0) is 9.59 Å². The second-order valence-electron chi connectivity index (χ2n) is 7.65. The first-order valence-corrected chi connectivity index (χ1v) is 8.16. The van der Waals surface area contributed by atoms with E-state index in [0.717, 1.165) is 12.8 Å². The van der Waals surface area contributed by atoms with Crippen LogP contribution in [0.5, 0.6) is 0 Å². The van der Waals surface area contributed by atoms with Crippen LogP contribution < -0.4 is 11.6 Å². The molecule has 2 atom stereocenters. The second kappa shape index (κ2) is 6.39. The molecule has 0 radical (unpaired) electrons. The largest absolute Gasteiger partial charge is 0.480 e. The molecule has 1 aliphatic carbocycles. The Morgan fingerprint density at radius 2 is 1.91 bits per heavy atom. The van der Waals surface area contributed by atoms with Gasteiger partial charge in [0.2, 0.25) is 5.91 Å². The number of nitrogens with two attached hydrogens (primary N) is 2. The van der Waals surface area contributed by atoms with Gasteiger partial charge in [-0.2, -0.15) is 0 Å². The van der Waals surface area contributed by atoms with Crippen molar-refractivity contribution in [3.05, 3.63) is 11.9 Å². The van der Waals surface area contributed by atoms with E-state index in [9.17, 15) is 14.7 Å². The van der Waals surface area contributed by atoms with Gasteiger partial charge in [0.1, 0.15) is 12.1 Å². The van der Waals surface area contributed by atoms with Gasteiger partial charge in [-0.15, -0.1) is 0 Å². The topological polar surface area (TPSA) is 113 Å². The van der Waals surface area contributed by atoms with Gasteiger partial charge in [0.25, 0.3) is 0 Å². The Hall–Kier alpha value is -1.76. The molecule has 0 bridgehead atoms. The van der Waals surface area contributed by atoms with E-state index < -0.39 is 23.5 Å². The molecular weight excluding hydrogens is 296 g/mol. The van der Waals surface area contributed by atoms with Crippen LogP contribution in [0.25, 0.3) is 0 Å². The molecule has 7 nitrogen and oxygen atoms in total. The summed E-state index contributed by atoms with van der Waals surface area (Å²) in [5, 5.41) is 10.7. The summed E-state index contributed by atoms with van der Waals surface area (Å²) in [6.45, 7) is 6.21. The Kier molecular flexibility index (Phi) is 4.89. The SMILES string of the molecule is CC(C)(C)C(C(=O)N1CCCC1C(=O)O)N(N)/C=C(\N)C1CC1. The van der Waals surface area contributed by atoms with Gasteiger partial charge in [0.05, 0.1) is 0 Å². The highest BCUT2D eigenvalue weighted by molar-refractivity contribution is 5.88. The van der Waals surface area contributed by atoms with Crippen molar-refractivity contribution in [2.75, 3.05) is 6.54 Å². The van der Waals surface area contributed by atoms with Crippen LogP contribution in [0.15, 0.2) is 11.9 Å². The molecule has 0 aromatic heterocycles. The highest BCUT2D eigenvalue weighted by atomic mass is 16.4. The van der Waals surface area contributed by atoms with Gasteiger partial charge < -0.3 is 20.7 Å². The number of carbonyl (C=O) groups excluding carboxylic acids is 1. The minimum absolute atomic E-state index is 0.246. The zero-order chi connectivity index (χ0) is 17.4. The summed E-state index contributed by atoms with van der Waals surface area (Å²) in [4.78, 5) is 25.8. The van der Waals surface area contributed by atoms with Crippen LogP contribution in [0.4, 0.5) is 0 Å². The van der Waals surface area contributed by atoms with Crippen LogP contribution >= 0.6 is 0 Å². The Morgan fingerprint density at radius 3 is 2.39 bits per heavy atom. The number of carbonyl (C=O) groups is 2. The van der Waals surface area contributed by atoms with Crippen LogP contribution in [0, 0.1) is 11.3 Å². The van der Waals surface area contributed by atoms with Crippen LogP contribution in [0.1, 0.15) is 46.5 Å². The van der Waals surface area contributed by atoms with E-state index >= 15 is 0 Å². The quantitative estimate of drug-likeness (QED) is 0.511. The van der Waals surface area contributed by atoms with Crippen LogP contribution in [-0.4, -0.2) is 45.5 Å². The van der Waals surface area contributed by atoms with Gasteiger partial charge in [-0.25, -0.2) is 10.6 Å². The van der Waals surface area contributed by atoms with E-state index in [0.29, 0.717) is 31.0 Å². The number of carboxylic acid groups (broad SMARTS) is 1. The summed E-state index contributed by atoms with van der Waals surface area (Å²) in [6, 6.07) is -1.41. The molecule has 0 aromatic carbocycles. The number of likely N-dealkylation sites (tertiary alicyclic amines) is 1. The maximum atomic E-state index is 13.0. The van der Waals surface area contributed by atoms with E-state index in [1.54, 1.807) is 6.20 Å². The van der Waals surface area contributed by atoms with E-state index in [1.807, 2.05) is 20.8 Å². The summed E-state index contributed by atoms with van der Waals surface area (Å²) >= 11 is 0. The number of hydrazine groups is 1. The molecule has 1 saturated heterocycles. The fourth-order valence-corrected chi connectivity index (χ4v) is 3.16. The van der Waals surface area contributed by atoms with Crippen molar-refractivity contribution < 1.29 is 14.7 Å². The lowest BCUT2D eigenvalue weighted by Gasteiger charge is -2.39. The van der Waals surface area contributed by atoms with Gasteiger partial charge in [0.15, 0.2) is 0 Å². The van der Waals surface area contributed by atoms with Crippen molar-refractivity contribution in [3.8, 4) is 0 Å². The molecule has 23 heavy (non-hydrogen) atoms. The summed E-state index contributed by atoms with van der Waals surface area (Å²) in [6.07, 6.45) is 4.93. The fraction of sp³-hybridized carbons (Fsp3) is 0.750. The molecule has 1 saturated carbocycles. The predicted molar refractivity (Wildman–Crippen MR) is 86.6 cm³/mol. The Labute approximate surface area is 137 Å². The molecule has 2 aliphatic rings. The fourth-order valence-electron chi connectivity index (χ4n) is 3.16. The van der Waals surface area contributed by atoms with Crippen molar-refractivity contribution in [3.63, 3.8) is 0 Å². The lowest BCUT2D eigenvalue weighted by atomic mass is 9.85. The van der Waals surface area contributed by atoms with E-state index in [4.69, 9.17) is 11.6 Å². The molecule has 5 N–H and O–H groups in total. The number of rotatable bonds is 5. The van der Waals surface area contributed by atoms with E-state index in [-0.39, 0.29) is 5.91 Å². The molecule has 1 amide bonds. The number of hydrogen-bond acceptors (Lipinski definition) is 5. The third kappa shape index (κ3) is 3.96. The number of aliphatic carboxylic acids is 1. The Morgan fingerprint density at radius 1 is 1.30 bits per heavy atom.